The molecule has 18 heavy (non-hydrogen) atoms. The predicted molar refractivity (Wildman–Crippen MR) is 77.9 cm³/mol. The predicted octanol–water partition coefficient (Wildman–Crippen LogP) is 1.63. The van der Waals surface area contributed by atoms with Crippen LogP contribution in [0.3, 0.4) is 0 Å². The van der Waals surface area contributed by atoms with Crippen LogP contribution in [0.25, 0.3) is 0 Å². The van der Waals surface area contributed by atoms with E-state index in [0.29, 0.717) is 6.54 Å². The summed E-state index contributed by atoms with van der Waals surface area (Å²) in [5.74, 6) is 1.06. The van der Waals surface area contributed by atoms with Gasteiger partial charge in [0.25, 0.3) is 0 Å². The van der Waals surface area contributed by atoms with E-state index in [1.165, 1.54) is 11.1 Å². The molecule has 0 aromatic carbocycles. The lowest BCUT2D eigenvalue weighted by atomic mass is 10.1. The molecule has 0 spiro atoms. The molecule has 1 rings (SSSR count). The van der Waals surface area contributed by atoms with E-state index in [9.17, 15) is 0 Å². The average Bonchev–Trinajstić information content (AvgIpc) is 2.34. The van der Waals surface area contributed by atoms with Crippen LogP contribution in [0.4, 0.5) is 5.82 Å². The molecule has 0 aliphatic heterocycles. The molecule has 0 atom stereocenters. The van der Waals surface area contributed by atoms with Gasteiger partial charge in [0.15, 0.2) is 0 Å². The molecule has 0 amide bonds. The molecule has 4 heteroatoms. The molecule has 2 N–H and O–H groups in total. The number of anilines is 1. The summed E-state index contributed by atoms with van der Waals surface area (Å²) in [5, 5.41) is 0. The second-order valence-corrected chi connectivity index (χ2v) is 4.92. The van der Waals surface area contributed by atoms with Gasteiger partial charge in [-0.15, -0.1) is 0 Å². The van der Waals surface area contributed by atoms with Gasteiger partial charge in [0.05, 0.1) is 0 Å². The molecule has 4 nitrogen and oxygen atoms in total. The zero-order valence-corrected chi connectivity index (χ0v) is 12.1. The summed E-state index contributed by atoms with van der Waals surface area (Å²) < 4.78 is 0. The Morgan fingerprint density at radius 2 is 1.94 bits per heavy atom. The quantitative estimate of drug-likeness (QED) is 0.799. The Hall–Kier alpha value is -1.13. The van der Waals surface area contributed by atoms with Crippen LogP contribution in [0.15, 0.2) is 12.3 Å². The first-order valence-corrected chi connectivity index (χ1v) is 6.64. The minimum Gasteiger partial charge on any atom is -0.355 e. The number of nitrogens with zero attached hydrogens (tertiary/aromatic N) is 3. The summed E-state index contributed by atoms with van der Waals surface area (Å²) >= 11 is 0. The van der Waals surface area contributed by atoms with E-state index >= 15 is 0 Å². The van der Waals surface area contributed by atoms with Crippen LogP contribution in [0.1, 0.15) is 24.5 Å². The van der Waals surface area contributed by atoms with Crippen LogP contribution >= 0.6 is 0 Å². The van der Waals surface area contributed by atoms with E-state index in [2.05, 4.69) is 42.7 Å². The summed E-state index contributed by atoms with van der Waals surface area (Å²) in [7, 11) is 4.19. The van der Waals surface area contributed by atoms with Gasteiger partial charge in [0, 0.05) is 37.9 Å². The van der Waals surface area contributed by atoms with Crippen LogP contribution in [0.2, 0.25) is 0 Å². The van der Waals surface area contributed by atoms with Gasteiger partial charge in [-0.2, -0.15) is 0 Å². The third-order valence-corrected chi connectivity index (χ3v) is 3.08. The molecule has 1 aromatic heterocycles. The van der Waals surface area contributed by atoms with Gasteiger partial charge < -0.3 is 15.5 Å². The summed E-state index contributed by atoms with van der Waals surface area (Å²) in [6, 6.07) is 2.03. The molecule has 0 radical (unpaired) electrons. The number of aromatic nitrogens is 1. The van der Waals surface area contributed by atoms with Crippen molar-refractivity contribution in [3.05, 3.63) is 23.4 Å². The number of nitrogens with two attached hydrogens (primary N) is 1. The Kier molecular flexibility index (Phi) is 6.09. The monoisotopic (exact) mass is 250 g/mol. The van der Waals surface area contributed by atoms with E-state index in [4.69, 9.17) is 5.73 Å². The van der Waals surface area contributed by atoms with Crippen molar-refractivity contribution in [2.75, 3.05) is 38.6 Å². The zero-order chi connectivity index (χ0) is 13.5. The summed E-state index contributed by atoms with van der Waals surface area (Å²) in [5.41, 5.74) is 8.27. The first-order chi connectivity index (χ1) is 8.60. The fourth-order valence-corrected chi connectivity index (χ4v) is 2.01. The van der Waals surface area contributed by atoms with Gasteiger partial charge >= 0.3 is 0 Å². The molecular weight excluding hydrogens is 224 g/mol. The minimum absolute atomic E-state index is 0.553. The Bertz CT molecular complexity index is 363. The van der Waals surface area contributed by atoms with E-state index in [-0.39, 0.29) is 0 Å². The smallest absolute Gasteiger partial charge is 0.133 e. The lowest BCUT2D eigenvalue weighted by Crippen LogP contribution is -2.34. The van der Waals surface area contributed by atoms with Crippen LogP contribution in [-0.2, 0) is 6.54 Å². The number of rotatable bonds is 7. The van der Waals surface area contributed by atoms with Crippen LogP contribution < -0.4 is 10.6 Å². The van der Waals surface area contributed by atoms with Crippen LogP contribution in [0, 0.1) is 6.92 Å². The highest BCUT2D eigenvalue weighted by molar-refractivity contribution is 5.50. The van der Waals surface area contributed by atoms with Crippen molar-refractivity contribution in [1.82, 2.24) is 9.88 Å². The summed E-state index contributed by atoms with van der Waals surface area (Å²) in [6.45, 7) is 7.89. The average molecular weight is 250 g/mol. The molecule has 0 aliphatic rings. The van der Waals surface area contributed by atoms with E-state index < -0.39 is 0 Å². The SMILES string of the molecule is CCCN(CCN(C)C)c1nccc(C)c1CN. The molecule has 1 aromatic rings. The fourth-order valence-electron chi connectivity index (χ4n) is 2.01. The van der Waals surface area contributed by atoms with Crippen LogP contribution in [-0.4, -0.2) is 43.6 Å². The number of aryl methyl sites for hydroxylation is 1. The highest BCUT2D eigenvalue weighted by Crippen LogP contribution is 2.20. The molecule has 0 fully saturated rings. The number of hydrogen-bond acceptors (Lipinski definition) is 4. The molecule has 0 saturated heterocycles. The maximum absolute atomic E-state index is 5.86. The number of likely N-dealkylation sites (N-methyl/N-ethyl adjacent to an activating group) is 1. The third-order valence-electron chi connectivity index (χ3n) is 3.08. The Balaban J connectivity index is 2.93. The molecule has 0 bridgehead atoms. The largest absolute Gasteiger partial charge is 0.355 e. The third kappa shape index (κ3) is 3.96. The summed E-state index contributed by atoms with van der Waals surface area (Å²) in [6.07, 6.45) is 3.00. The topological polar surface area (TPSA) is 45.4 Å². The van der Waals surface area contributed by atoms with E-state index in [1.54, 1.807) is 0 Å². The minimum atomic E-state index is 0.553. The van der Waals surface area contributed by atoms with Crippen molar-refractivity contribution in [3.63, 3.8) is 0 Å². The van der Waals surface area contributed by atoms with Crippen molar-refractivity contribution in [2.45, 2.75) is 26.8 Å². The normalized spacial score (nSPS) is 11.0. The molecule has 1 heterocycles. The fraction of sp³-hybridized carbons (Fsp3) is 0.643. The Morgan fingerprint density at radius 1 is 1.22 bits per heavy atom. The van der Waals surface area contributed by atoms with Crippen LogP contribution in [0.5, 0.6) is 0 Å². The second kappa shape index (κ2) is 7.34. The van der Waals surface area contributed by atoms with Gasteiger partial charge in [-0.25, -0.2) is 4.98 Å². The van der Waals surface area contributed by atoms with E-state index in [0.717, 1.165) is 31.9 Å². The second-order valence-electron chi connectivity index (χ2n) is 4.92. The first kappa shape index (κ1) is 14.9. The summed E-state index contributed by atoms with van der Waals surface area (Å²) in [4.78, 5) is 9.07. The Morgan fingerprint density at radius 3 is 2.50 bits per heavy atom. The van der Waals surface area contributed by atoms with Gasteiger partial charge in [0.2, 0.25) is 0 Å². The van der Waals surface area contributed by atoms with Crippen molar-refractivity contribution >= 4 is 5.82 Å². The van der Waals surface area contributed by atoms with Crippen molar-refractivity contribution in [1.29, 1.82) is 0 Å². The Labute approximate surface area is 111 Å². The van der Waals surface area contributed by atoms with Crippen molar-refractivity contribution < 1.29 is 0 Å². The van der Waals surface area contributed by atoms with E-state index in [1.807, 2.05) is 12.3 Å². The van der Waals surface area contributed by atoms with Gasteiger partial charge in [-0.1, -0.05) is 6.92 Å². The van der Waals surface area contributed by atoms with Gasteiger partial charge in [0.1, 0.15) is 5.82 Å². The van der Waals surface area contributed by atoms with Gasteiger partial charge in [-0.05, 0) is 39.1 Å². The maximum Gasteiger partial charge on any atom is 0.133 e. The standard InChI is InChI=1S/C14H26N4/c1-5-8-18(10-9-17(3)4)14-13(11-15)12(2)6-7-16-14/h6-7H,5,8-11,15H2,1-4H3. The number of pyridine rings is 1. The maximum atomic E-state index is 5.86. The van der Waals surface area contributed by atoms with Crippen molar-refractivity contribution in [2.24, 2.45) is 5.73 Å². The molecule has 102 valence electrons. The molecule has 0 unspecified atom stereocenters. The van der Waals surface area contributed by atoms with Gasteiger partial charge in [-0.3, -0.25) is 0 Å². The van der Waals surface area contributed by atoms with Crippen molar-refractivity contribution in [3.8, 4) is 0 Å². The molecule has 0 saturated carbocycles. The highest BCUT2D eigenvalue weighted by atomic mass is 15.2. The number of hydrogen-bond donors (Lipinski definition) is 1. The first-order valence-electron chi connectivity index (χ1n) is 6.64. The zero-order valence-electron chi connectivity index (χ0n) is 12.1. The lowest BCUT2D eigenvalue weighted by Gasteiger charge is -2.27. The lowest BCUT2D eigenvalue weighted by molar-refractivity contribution is 0.412. The molecular formula is C14H26N4. The molecule has 0 aliphatic carbocycles. The highest BCUT2D eigenvalue weighted by Gasteiger charge is 2.13.